The molecule has 0 fully saturated rings. The van der Waals surface area contributed by atoms with Crippen LogP contribution in [0.5, 0.6) is 5.75 Å². The molecule has 0 heterocycles. The quantitative estimate of drug-likeness (QED) is 0.839. The first-order valence-corrected chi connectivity index (χ1v) is 7.48. The van der Waals surface area contributed by atoms with Gasteiger partial charge in [0.1, 0.15) is 5.75 Å². The topological polar surface area (TPSA) is 41.6 Å². The molecule has 2 rings (SSSR count). The third kappa shape index (κ3) is 4.40. The van der Waals surface area contributed by atoms with Gasteiger partial charge in [-0.1, -0.05) is 23.7 Å². The van der Waals surface area contributed by atoms with Crippen LogP contribution in [0, 0.1) is 6.92 Å². The number of hydrogen-bond acceptors (Lipinski definition) is 2. The van der Waals surface area contributed by atoms with Gasteiger partial charge < -0.3 is 10.1 Å². The molecule has 0 spiro atoms. The molecule has 0 bridgehead atoms. The summed E-state index contributed by atoms with van der Waals surface area (Å²) in [6, 6.07) is 14.6. The van der Waals surface area contributed by atoms with Crippen molar-refractivity contribution in [3.63, 3.8) is 0 Å². The average molecular weight is 319 g/mol. The Bertz CT molecular complexity index is 629. The fraction of sp³-hybridized carbons (Fsp3) is 0.235. The van der Waals surface area contributed by atoms with Gasteiger partial charge in [0, 0.05) is 17.3 Å². The second kappa shape index (κ2) is 7.71. The molecule has 0 unspecified atom stereocenters. The normalized spacial score (nSPS) is 10.1. The van der Waals surface area contributed by atoms with Gasteiger partial charge in [0.15, 0.2) is 6.73 Å². The average Bonchev–Trinajstić information content (AvgIpc) is 2.50. The number of carbonyl (C=O) groups is 1. The van der Waals surface area contributed by atoms with E-state index in [1.807, 2.05) is 38.1 Å². The molecule has 0 aliphatic carbocycles. The molecule has 5 heteroatoms. The maximum Gasteiger partial charge on any atom is 0.324 e. The van der Waals surface area contributed by atoms with Crippen LogP contribution in [0.3, 0.4) is 0 Å². The number of aryl methyl sites for hydroxylation is 1. The summed E-state index contributed by atoms with van der Waals surface area (Å²) in [5.41, 5.74) is 1.98. The van der Waals surface area contributed by atoms with Crippen molar-refractivity contribution in [3.8, 4) is 5.75 Å². The third-order valence-electron chi connectivity index (χ3n) is 3.15. The lowest BCUT2D eigenvalue weighted by Crippen LogP contribution is -2.41. The van der Waals surface area contributed by atoms with Crippen LogP contribution in [0.2, 0.25) is 5.02 Å². The van der Waals surface area contributed by atoms with E-state index in [4.69, 9.17) is 16.3 Å². The van der Waals surface area contributed by atoms with E-state index in [2.05, 4.69) is 5.32 Å². The Morgan fingerprint density at radius 2 is 1.95 bits per heavy atom. The van der Waals surface area contributed by atoms with Crippen LogP contribution in [0.15, 0.2) is 48.5 Å². The van der Waals surface area contributed by atoms with Crippen molar-refractivity contribution >= 4 is 23.3 Å². The first-order chi connectivity index (χ1) is 10.6. The Balaban J connectivity index is 1.91. The lowest BCUT2D eigenvalue weighted by molar-refractivity contribution is 0.229. The minimum atomic E-state index is -0.193. The van der Waals surface area contributed by atoms with Crippen molar-refractivity contribution in [2.24, 2.45) is 0 Å². The molecule has 1 N–H and O–H groups in total. The Morgan fingerprint density at radius 1 is 1.23 bits per heavy atom. The maximum absolute atomic E-state index is 12.2. The summed E-state index contributed by atoms with van der Waals surface area (Å²) in [7, 11) is 0. The molecule has 0 aromatic heterocycles. The van der Waals surface area contributed by atoms with Crippen LogP contribution in [0.1, 0.15) is 12.5 Å². The summed E-state index contributed by atoms with van der Waals surface area (Å²) < 4.78 is 5.47. The maximum atomic E-state index is 12.2. The molecular weight excluding hydrogens is 300 g/mol. The lowest BCUT2D eigenvalue weighted by Gasteiger charge is -2.22. The highest BCUT2D eigenvalue weighted by molar-refractivity contribution is 6.30. The summed E-state index contributed by atoms with van der Waals surface area (Å²) in [6.07, 6.45) is 0. The summed E-state index contributed by atoms with van der Waals surface area (Å²) in [5, 5.41) is 3.39. The number of rotatable bonds is 5. The predicted octanol–water partition coefficient (Wildman–Crippen LogP) is 4.22. The van der Waals surface area contributed by atoms with Gasteiger partial charge in [-0.3, -0.25) is 4.90 Å². The smallest absolute Gasteiger partial charge is 0.324 e. The molecule has 0 saturated carbocycles. The molecule has 4 nitrogen and oxygen atoms in total. The zero-order chi connectivity index (χ0) is 15.9. The highest BCUT2D eigenvalue weighted by Crippen LogP contribution is 2.16. The number of halogens is 1. The molecule has 2 aromatic rings. The van der Waals surface area contributed by atoms with Crippen LogP contribution < -0.4 is 15.0 Å². The monoisotopic (exact) mass is 318 g/mol. The van der Waals surface area contributed by atoms with Crippen molar-refractivity contribution in [3.05, 3.63) is 59.1 Å². The van der Waals surface area contributed by atoms with Crippen molar-refractivity contribution in [2.45, 2.75) is 13.8 Å². The molecule has 2 amide bonds. The van der Waals surface area contributed by atoms with Crippen molar-refractivity contribution in [2.75, 3.05) is 18.2 Å². The van der Waals surface area contributed by atoms with Crippen LogP contribution in [0.4, 0.5) is 10.5 Å². The van der Waals surface area contributed by atoms with E-state index in [0.717, 1.165) is 11.3 Å². The van der Waals surface area contributed by atoms with E-state index in [9.17, 15) is 4.79 Å². The summed E-state index contributed by atoms with van der Waals surface area (Å²) >= 11 is 5.81. The first kappa shape index (κ1) is 16.2. The molecule has 116 valence electrons. The van der Waals surface area contributed by atoms with Crippen molar-refractivity contribution < 1.29 is 9.53 Å². The van der Waals surface area contributed by atoms with Crippen molar-refractivity contribution in [1.82, 2.24) is 5.32 Å². The Hall–Kier alpha value is -2.20. The van der Waals surface area contributed by atoms with Gasteiger partial charge in [-0.15, -0.1) is 0 Å². The number of benzene rings is 2. The SMILES string of the molecule is CCN(C(=O)NCOc1ccc(Cl)cc1)c1cccc(C)c1. The molecule has 0 saturated heterocycles. The van der Waals surface area contributed by atoms with Gasteiger partial charge in [-0.2, -0.15) is 0 Å². The van der Waals surface area contributed by atoms with Crippen LogP contribution in [-0.2, 0) is 0 Å². The lowest BCUT2D eigenvalue weighted by atomic mass is 10.2. The van der Waals surface area contributed by atoms with Crippen LogP contribution in [0.25, 0.3) is 0 Å². The molecule has 0 atom stereocenters. The number of nitrogens with one attached hydrogen (secondary N) is 1. The van der Waals surface area contributed by atoms with Gasteiger partial charge in [0.05, 0.1) is 0 Å². The molecule has 0 aliphatic heterocycles. The Labute approximate surface area is 135 Å². The third-order valence-corrected chi connectivity index (χ3v) is 3.40. The second-order valence-electron chi connectivity index (χ2n) is 4.81. The number of hydrogen-bond donors (Lipinski definition) is 1. The number of ether oxygens (including phenoxy) is 1. The van der Waals surface area contributed by atoms with E-state index >= 15 is 0 Å². The highest BCUT2D eigenvalue weighted by atomic mass is 35.5. The van der Waals surface area contributed by atoms with E-state index in [0.29, 0.717) is 17.3 Å². The summed E-state index contributed by atoms with van der Waals surface area (Å²) in [6.45, 7) is 4.61. The van der Waals surface area contributed by atoms with Gasteiger partial charge in [-0.05, 0) is 55.8 Å². The molecule has 2 aromatic carbocycles. The van der Waals surface area contributed by atoms with Crippen LogP contribution >= 0.6 is 11.6 Å². The number of anilines is 1. The first-order valence-electron chi connectivity index (χ1n) is 7.10. The zero-order valence-electron chi connectivity index (χ0n) is 12.7. The Morgan fingerprint density at radius 3 is 2.59 bits per heavy atom. The Kier molecular flexibility index (Phi) is 5.67. The minimum absolute atomic E-state index is 0.1000. The van der Waals surface area contributed by atoms with E-state index in [-0.39, 0.29) is 12.8 Å². The van der Waals surface area contributed by atoms with E-state index < -0.39 is 0 Å². The number of carbonyl (C=O) groups excluding carboxylic acids is 1. The zero-order valence-corrected chi connectivity index (χ0v) is 13.4. The molecule has 0 radical (unpaired) electrons. The fourth-order valence-electron chi connectivity index (χ4n) is 2.05. The number of amides is 2. The minimum Gasteiger partial charge on any atom is -0.473 e. The summed E-state index contributed by atoms with van der Waals surface area (Å²) in [4.78, 5) is 13.9. The van der Waals surface area contributed by atoms with Crippen LogP contribution in [-0.4, -0.2) is 19.3 Å². The molecule has 0 aliphatic rings. The van der Waals surface area contributed by atoms with Gasteiger partial charge in [-0.25, -0.2) is 4.79 Å². The standard InChI is InChI=1S/C17H19ClN2O2/c1-3-20(15-6-4-5-13(2)11-15)17(21)19-12-22-16-9-7-14(18)8-10-16/h4-11H,3,12H2,1-2H3,(H,19,21). The molecular formula is C17H19ClN2O2. The molecule has 22 heavy (non-hydrogen) atoms. The van der Waals surface area contributed by atoms with E-state index in [1.54, 1.807) is 29.2 Å². The van der Waals surface area contributed by atoms with Gasteiger partial charge in [0.25, 0.3) is 0 Å². The summed E-state index contributed by atoms with van der Waals surface area (Å²) in [5.74, 6) is 0.656. The fourth-order valence-corrected chi connectivity index (χ4v) is 2.17. The van der Waals surface area contributed by atoms with Gasteiger partial charge in [0.2, 0.25) is 0 Å². The van der Waals surface area contributed by atoms with Gasteiger partial charge >= 0.3 is 6.03 Å². The number of urea groups is 1. The largest absolute Gasteiger partial charge is 0.473 e. The van der Waals surface area contributed by atoms with E-state index in [1.165, 1.54) is 0 Å². The number of nitrogens with zero attached hydrogens (tertiary/aromatic N) is 1. The highest BCUT2D eigenvalue weighted by Gasteiger charge is 2.13. The van der Waals surface area contributed by atoms with Crippen molar-refractivity contribution in [1.29, 1.82) is 0 Å². The second-order valence-corrected chi connectivity index (χ2v) is 5.24. The predicted molar refractivity (Wildman–Crippen MR) is 89.7 cm³/mol.